The number of nitrogens with one attached hydrogen (secondary N) is 2. The van der Waals surface area contributed by atoms with E-state index in [1.165, 1.54) is 6.92 Å². The molecule has 1 fully saturated rings. The van der Waals surface area contributed by atoms with Crippen molar-refractivity contribution in [2.24, 2.45) is 0 Å². The van der Waals surface area contributed by atoms with Crippen molar-refractivity contribution in [2.45, 2.75) is 32.4 Å². The summed E-state index contributed by atoms with van der Waals surface area (Å²) in [7, 11) is 1.77. The van der Waals surface area contributed by atoms with Gasteiger partial charge in [0.1, 0.15) is 0 Å². The number of likely N-dealkylation sites (tertiary alicyclic amines) is 1. The van der Waals surface area contributed by atoms with Crippen LogP contribution in [0.15, 0.2) is 0 Å². The van der Waals surface area contributed by atoms with E-state index in [9.17, 15) is 9.59 Å². The molecule has 0 aromatic rings. The molecule has 1 aliphatic rings. The van der Waals surface area contributed by atoms with Gasteiger partial charge in [-0.3, -0.25) is 9.59 Å². The van der Waals surface area contributed by atoms with Crippen LogP contribution in [0.1, 0.15) is 20.3 Å². The van der Waals surface area contributed by atoms with Crippen LogP contribution in [-0.2, 0) is 9.59 Å². The molecule has 5 nitrogen and oxygen atoms in total. The quantitative estimate of drug-likeness (QED) is 0.653. The minimum absolute atomic E-state index is 0.0315. The highest BCUT2D eigenvalue weighted by Crippen LogP contribution is 2.10. The molecule has 0 saturated carbocycles. The van der Waals surface area contributed by atoms with Crippen molar-refractivity contribution in [2.75, 3.05) is 20.1 Å². The Bertz CT molecular complexity index is 255. The predicted octanol–water partition coefficient (Wildman–Crippen LogP) is -0.669. The molecule has 1 saturated heterocycles. The maximum atomic E-state index is 11.8. The third-order valence-corrected chi connectivity index (χ3v) is 2.71. The van der Waals surface area contributed by atoms with Gasteiger partial charge in [-0.05, 0) is 20.4 Å². The van der Waals surface area contributed by atoms with E-state index in [1.54, 1.807) is 11.9 Å². The fourth-order valence-corrected chi connectivity index (χ4v) is 1.76. The number of hydrogen-bond donors (Lipinski definition) is 2. The molecule has 1 rings (SSSR count). The fourth-order valence-electron chi connectivity index (χ4n) is 1.76. The van der Waals surface area contributed by atoms with Crippen molar-refractivity contribution < 1.29 is 9.59 Å². The number of carbonyl (C=O) groups excluding carboxylic acids is 2. The maximum absolute atomic E-state index is 11.8. The van der Waals surface area contributed by atoms with E-state index in [0.29, 0.717) is 6.54 Å². The molecule has 0 aromatic carbocycles. The van der Waals surface area contributed by atoms with E-state index >= 15 is 0 Å². The van der Waals surface area contributed by atoms with Crippen molar-refractivity contribution in [3.05, 3.63) is 0 Å². The van der Waals surface area contributed by atoms with Crippen LogP contribution in [0.3, 0.4) is 0 Å². The van der Waals surface area contributed by atoms with Gasteiger partial charge in [0.2, 0.25) is 11.8 Å². The summed E-state index contributed by atoms with van der Waals surface area (Å²) >= 11 is 0. The van der Waals surface area contributed by atoms with Crippen molar-refractivity contribution in [1.82, 2.24) is 15.5 Å². The maximum Gasteiger partial charge on any atom is 0.239 e. The minimum Gasteiger partial charge on any atom is -0.352 e. The first kappa shape index (κ1) is 12.0. The Morgan fingerprint density at radius 3 is 2.67 bits per heavy atom. The minimum atomic E-state index is -0.152. The normalized spacial score (nSPS) is 22.6. The number of amides is 2. The molecular weight excluding hydrogens is 194 g/mol. The number of carbonyl (C=O) groups is 2. The summed E-state index contributed by atoms with van der Waals surface area (Å²) in [5.41, 5.74) is 0. The average molecular weight is 213 g/mol. The van der Waals surface area contributed by atoms with E-state index < -0.39 is 0 Å². The van der Waals surface area contributed by atoms with Gasteiger partial charge in [0.05, 0.1) is 6.04 Å². The Kier molecular flexibility index (Phi) is 4.08. The van der Waals surface area contributed by atoms with Crippen molar-refractivity contribution in [3.8, 4) is 0 Å². The molecule has 0 spiro atoms. The summed E-state index contributed by atoms with van der Waals surface area (Å²) in [5, 5.41) is 5.75. The monoisotopic (exact) mass is 213 g/mol. The molecule has 86 valence electrons. The standard InChI is InChI=1S/C10H19N3O2/c1-7(11-3)10(15)13-5-4-9(6-13)12-8(2)14/h7,9,11H,4-6H2,1-3H3,(H,12,14). The van der Waals surface area contributed by atoms with Crippen LogP contribution in [0.4, 0.5) is 0 Å². The second-order valence-corrected chi connectivity index (χ2v) is 3.98. The Balaban J connectivity index is 2.42. The lowest BCUT2D eigenvalue weighted by atomic mass is 10.2. The van der Waals surface area contributed by atoms with Crippen LogP contribution >= 0.6 is 0 Å². The topological polar surface area (TPSA) is 61.4 Å². The van der Waals surface area contributed by atoms with Gasteiger partial charge in [-0.1, -0.05) is 0 Å². The summed E-state index contributed by atoms with van der Waals surface area (Å²) < 4.78 is 0. The lowest BCUT2D eigenvalue weighted by Gasteiger charge is -2.20. The smallest absolute Gasteiger partial charge is 0.239 e. The summed E-state index contributed by atoms with van der Waals surface area (Å²) in [6.45, 7) is 4.70. The van der Waals surface area contributed by atoms with Gasteiger partial charge in [-0.15, -0.1) is 0 Å². The molecule has 2 N–H and O–H groups in total. The van der Waals surface area contributed by atoms with E-state index in [2.05, 4.69) is 10.6 Å². The molecule has 0 aromatic heterocycles. The molecule has 2 amide bonds. The zero-order valence-electron chi connectivity index (χ0n) is 9.54. The van der Waals surface area contributed by atoms with E-state index in [1.807, 2.05) is 6.92 Å². The lowest BCUT2D eigenvalue weighted by molar-refractivity contribution is -0.132. The molecule has 2 unspecified atom stereocenters. The van der Waals surface area contributed by atoms with Gasteiger partial charge in [0, 0.05) is 26.1 Å². The van der Waals surface area contributed by atoms with Crippen LogP contribution in [0, 0.1) is 0 Å². The molecule has 1 heterocycles. The van der Waals surface area contributed by atoms with E-state index in [4.69, 9.17) is 0 Å². The summed E-state index contributed by atoms with van der Waals surface area (Å²) in [6, 6.07) is -0.0309. The van der Waals surface area contributed by atoms with Gasteiger partial charge in [0.25, 0.3) is 0 Å². The Morgan fingerprint density at radius 2 is 2.13 bits per heavy atom. The molecule has 5 heteroatoms. The highest BCUT2D eigenvalue weighted by molar-refractivity contribution is 5.82. The molecule has 1 aliphatic heterocycles. The summed E-state index contributed by atoms with van der Waals surface area (Å²) in [5.74, 6) is 0.0707. The van der Waals surface area contributed by atoms with Crippen molar-refractivity contribution in [3.63, 3.8) is 0 Å². The van der Waals surface area contributed by atoms with Crippen LogP contribution in [0.2, 0.25) is 0 Å². The molecule has 2 atom stereocenters. The number of likely N-dealkylation sites (N-methyl/N-ethyl adjacent to an activating group) is 1. The summed E-state index contributed by atoms with van der Waals surface area (Å²) in [4.78, 5) is 24.4. The van der Waals surface area contributed by atoms with E-state index in [-0.39, 0.29) is 23.9 Å². The number of hydrogen-bond acceptors (Lipinski definition) is 3. The number of rotatable bonds is 3. The first-order valence-corrected chi connectivity index (χ1v) is 5.27. The molecule has 0 radical (unpaired) electrons. The van der Waals surface area contributed by atoms with Gasteiger partial charge >= 0.3 is 0 Å². The molecular formula is C10H19N3O2. The largest absolute Gasteiger partial charge is 0.352 e. The van der Waals surface area contributed by atoms with Crippen LogP contribution in [0.25, 0.3) is 0 Å². The van der Waals surface area contributed by atoms with Crippen molar-refractivity contribution in [1.29, 1.82) is 0 Å². The first-order valence-electron chi connectivity index (χ1n) is 5.27. The van der Waals surface area contributed by atoms with Gasteiger partial charge in [0.15, 0.2) is 0 Å². The molecule has 0 aliphatic carbocycles. The second kappa shape index (κ2) is 5.11. The second-order valence-electron chi connectivity index (χ2n) is 3.98. The predicted molar refractivity (Wildman–Crippen MR) is 57.3 cm³/mol. The Hall–Kier alpha value is -1.10. The Labute approximate surface area is 90.2 Å². The third kappa shape index (κ3) is 3.20. The SMILES string of the molecule is CNC(C)C(=O)N1CCC(NC(C)=O)C1. The highest BCUT2D eigenvalue weighted by atomic mass is 16.2. The zero-order chi connectivity index (χ0) is 11.4. The molecule has 15 heavy (non-hydrogen) atoms. The third-order valence-electron chi connectivity index (χ3n) is 2.71. The molecule has 0 bridgehead atoms. The Morgan fingerprint density at radius 1 is 1.47 bits per heavy atom. The van der Waals surface area contributed by atoms with Gasteiger partial charge in [-0.2, -0.15) is 0 Å². The average Bonchev–Trinajstić information content (AvgIpc) is 2.63. The van der Waals surface area contributed by atoms with Crippen LogP contribution in [-0.4, -0.2) is 48.9 Å². The van der Waals surface area contributed by atoms with Crippen molar-refractivity contribution >= 4 is 11.8 Å². The van der Waals surface area contributed by atoms with E-state index in [0.717, 1.165) is 13.0 Å². The van der Waals surface area contributed by atoms with Crippen LogP contribution < -0.4 is 10.6 Å². The zero-order valence-corrected chi connectivity index (χ0v) is 9.54. The van der Waals surface area contributed by atoms with Crippen LogP contribution in [0.5, 0.6) is 0 Å². The first-order chi connectivity index (χ1) is 7.04. The van der Waals surface area contributed by atoms with Gasteiger partial charge < -0.3 is 15.5 Å². The number of nitrogens with zero attached hydrogens (tertiary/aromatic N) is 1. The lowest BCUT2D eigenvalue weighted by Crippen LogP contribution is -2.44. The highest BCUT2D eigenvalue weighted by Gasteiger charge is 2.28. The summed E-state index contributed by atoms with van der Waals surface area (Å²) in [6.07, 6.45) is 0.849. The fraction of sp³-hybridized carbons (Fsp3) is 0.800. The van der Waals surface area contributed by atoms with Gasteiger partial charge in [-0.25, -0.2) is 0 Å².